The zero-order valence-corrected chi connectivity index (χ0v) is 16.8. The molecule has 0 radical (unpaired) electrons. The maximum atomic E-state index is 11.8. The van der Waals surface area contributed by atoms with Gasteiger partial charge in [-0.05, 0) is 50.5 Å². The zero-order chi connectivity index (χ0) is 17.9. The highest BCUT2D eigenvalue weighted by atomic mass is 28.4. The van der Waals surface area contributed by atoms with E-state index in [1.807, 2.05) is 32.9 Å². The summed E-state index contributed by atoms with van der Waals surface area (Å²) in [6, 6.07) is 3.84. The molecule has 23 heavy (non-hydrogen) atoms. The predicted octanol–water partition coefficient (Wildman–Crippen LogP) is 4.49. The normalized spacial score (nSPS) is 13.0. The van der Waals surface area contributed by atoms with Crippen molar-refractivity contribution >= 4 is 14.3 Å². The van der Waals surface area contributed by atoms with E-state index in [9.17, 15) is 4.79 Å². The minimum Gasteiger partial charge on any atom is -0.460 e. The summed E-state index contributed by atoms with van der Waals surface area (Å²) < 4.78 is 11.5. The quantitative estimate of drug-likeness (QED) is 0.587. The van der Waals surface area contributed by atoms with E-state index < -0.39 is 13.9 Å². The lowest BCUT2D eigenvalue weighted by Crippen LogP contribution is -2.40. The van der Waals surface area contributed by atoms with E-state index in [4.69, 9.17) is 9.16 Å². The largest absolute Gasteiger partial charge is 0.460 e. The predicted molar refractivity (Wildman–Crippen MR) is 95.8 cm³/mol. The second kappa shape index (κ2) is 7.14. The molecule has 0 aliphatic rings. The molecule has 1 aromatic heterocycles. The van der Waals surface area contributed by atoms with Crippen molar-refractivity contribution in [2.24, 2.45) is 0 Å². The fourth-order valence-electron chi connectivity index (χ4n) is 1.65. The van der Waals surface area contributed by atoms with Crippen molar-refractivity contribution in [3.8, 4) is 0 Å². The van der Waals surface area contributed by atoms with Gasteiger partial charge >= 0.3 is 5.97 Å². The first-order valence-electron chi connectivity index (χ1n) is 8.10. The molecule has 130 valence electrons. The fraction of sp³-hybridized carbons (Fsp3) is 0.667. The summed E-state index contributed by atoms with van der Waals surface area (Å²) in [7, 11) is -1.76. The fourth-order valence-corrected chi connectivity index (χ4v) is 2.61. The maximum Gasteiger partial charge on any atom is 0.312 e. The summed E-state index contributed by atoms with van der Waals surface area (Å²) in [4.78, 5) is 16.1. The summed E-state index contributed by atoms with van der Waals surface area (Å²) in [6.07, 6.45) is 1.98. The topological polar surface area (TPSA) is 48.4 Å². The highest BCUT2D eigenvalue weighted by Gasteiger charge is 2.37. The highest BCUT2D eigenvalue weighted by molar-refractivity contribution is 6.74. The molecule has 5 heteroatoms. The van der Waals surface area contributed by atoms with E-state index in [2.05, 4.69) is 38.8 Å². The zero-order valence-electron chi connectivity index (χ0n) is 15.8. The van der Waals surface area contributed by atoms with Crippen LogP contribution in [0.3, 0.4) is 0 Å². The van der Waals surface area contributed by atoms with Gasteiger partial charge in [0.25, 0.3) is 0 Å². The van der Waals surface area contributed by atoms with Crippen LogP contribution in [0.15, 0.2) is 18.3 Å². The lowest BCUT2D eigenvalue weighted by molar-refractivity contribution is -0.153. The molecule has 0 bridgehead atoms. The van der Waals surface area contributed by atoms with E-state index >= 15 is 0 Å². The summed E-state index contributed by atoms with van der Waals surface area (Å²) in [6.45, 7) is 17.3. The van der Waals surface area contributed by atoms with E-state index in [0.29, 0.717) is 6.61 Å². The summed E-state index contributed by atoms with van der Waals surface area (Å²) in [5.74, 6) is -0.254. The molecule has 0 saturated carbocycles. The Morgan fingerprint density at radius 2 is 1.74 bits per heavy atom. The first-order valence-corrected chi connectivity index (χ1v) is 11.0. The second-order valence-corrected chi connectivity index (χ2v) is 13.3. The summed E-state index contributed by atoms with van der Waals surface area (Å²) in [5.41, 5.74) is 1.28. The number of ether oxygens (including phenoxy) is 1. The summed E-state index contributed by atoms with van der Waals surface area (Å²) >= 11 is 0. The van der Waals surface area contributed by atoms with Crippen LogP contribution < -0.4 is 0 Å². The average molecular weight is 338 g/mol. The Kier molecular flexibility index (Phi) is 6.16. The van der Waals surface area contributed by atoms with Crippen LogP contribution in [-0.4, -0.2) is 24.9 Å². The van der Waals surface area contributed by atoms with Crippen LogP contribution in [0.2, 0.25) is 18.1 Å². The van der Waals surface area contributed by atoms with E-state index in [1.165, 1.54) is 0 Å². The van der Waals surface area contributed by atoms with Crippen LogP contribution in [0.4, 0.5) is 0 Å². The number of esters is 1. The van der Waals surface area contributed by atoms with Gasteiger partial charge in [-0.25, -0.2) is 0 Å². The Balaban J connectivity index is 2.59. The molecular weight excluding hydrogens is 306 g/mol. The van der Waals surface area contributed by atoms with Crippen molar-refractivity contribution in [1.82, 2.24) is 4.98 Å². The minimum absolute atomic E-state index is 0.192. The highest BCUT2D eigenvalue weighted by Crippen LogP contribution is 2.37. The van der Waals surface area contributed by atoms with Gasteiger partial charge in [-0.1, -0.05) is 26.8 Å². The van der Waals surface area contributed by atoms with E-state index in [1.54, 1.807) is 6.20 Å². The molecule has 0 aliphatic heterocycles. The van der Waals surface area contributed by atoms with Crippen molar-refractivity contribution < 1.29 is 14.0 Å². The maximum absolute atomic E-state index is 11.8. The molecule has 0 aliphatic carbocycles. The number of rotatable bonds is 5. The number of carbonyl (C=O) groups is 1. The van der Waals surface area contributed by atoms with Gasteiger partial charge in [0.15, 0.2) is 8.32 Å². The number of hydrogen-bond acceptors (Lipinski definition) is 4. The second-order valence-electron chi connectivity index (χ2n) is 8.47. The molecule has 1 aromatic rings. The van der Waals surface area contributed by atoms with Crippen LogP contribution in [0.5, 0.6) is 0 Å². The van der Waals surface area contributed by atoms with Gasteiger partial charge in [-0.3, -0.25) is 9.78 Å². The molecule has 0 saturated heterocycles. The molecule has 0 N–H and O–H groups in total. The van der Waals surface area contributed by atoms with Crippen molar-refractivity contribution in [3.05, 3.63) is 29.6 Å². The Morgan fingerprint density at radius 3 is 2.17 bits per heavy atom. The number of carbonyl (C=O) groups excluding carboxylic acids is 1. The van der Waals surface area contributed by atoms with Crippen LogP contribution in [0.1, 0.15) is 52.8 Å². The van der Waals surface area contributed by atoms with Crippen molar-refractivity contribution in [2.45, 2.75) is 78.3 Å². The van der Waals surface area contributed by atoms with Crippen LogP contribution >= 0.6 is 0 Å². The Morgan fingerprint density at radius 1 is 1.13 bits per heavy atom. The molecule has 0 atom stereocenters. The van der Waals surface area contributed by atoms with Gasteiger partial charge in [0.1, 0.15) is 5.60 Å². The Bertz CT molecular complexity index is 525. The molecular formula is C18H31NO3Si. The first kappa shape index (κ1) is 19.8. The third-order valence-electron chi connectivity index (χ3n) is 4.04. The lowest BCUT2D eigenvalue weighted by Gasteiger charge is -2.36. The van der Waals surface area contributed by atoms with E-state index in [0.717, 1.165) is 11.3 Å². The van der Waals surface area contributed by atoms with Gasteiger partial charge in [0, 0.05) is 6.20 Å². The molecule has 1 heterocycles. The molecule has 1 rings (SSSR count). The molecule has 0 amide bonds. The Labute approximate surface area is 141 Å². The molecule has 0 fully saturated rings. The number of nitrogens with zero attached hydrogens (tertiary/aromatic N) is 1. The van der Waals surface area contributed by atoms with Gasteiger partial charge < -0.3 is 9.16 Å². The minimum atomic E-state index is -1.76. The van der Waals surface area contributed by atoms with Crippen LogP contribution in [0.25, 0.3) is 0 Å². The van der Waals surface area contributed by atoms with Gasteiger partial charge in [0.05, 0.1) is 18.7 Å². The van der Waals surface area contributed by atoms with Gasteiger partial charge in [-0.2, -0.15) is 0 Å². The van der Waals surface area contributed by atoms with Crippen LogP contribution in [-0.2, 0) is 27.0 Å². The smallest absolute Gasteiger partial charge is 0.312 e. The van der Waals surface area contributed by atoms with Gasteiger partial charge in [-0.15, -0.1) is 0 Å². The van der Waals surface area contributed by atoms with E-state index in [-0.39, 0.29) is 17.4 Å². The van der Waals surface area contributed by atoms with Crippen LogP contribution in [0, 0.1) is 0 Å². The molecule has 0 aromatic carbocycles. The Hall–Kier alpha value is -1.20. The molecule has 4 nitrogen and oxygen atoms in total. The standard InChI is InChI=1S/C18H31NO3Si/c1-17(2,3)22-16(20)11-15-10-9-14(12-19-15)13-21-23(7,8)18(4,5)6/h9-10,12H,11,13H2,1-8H3. The number of pyridine rings is 1. The number of hydrogen-bond donors (Lipinski definition) is 0. The lowest BCUT2D eigenvalue weighted by atomic mass is 10.2. The van der Waals surface area contributed by atoms with Crippen molar-refractivity contribution in [1.29, 1.82) is 0 Å². The summed E-state index contributed by atoms with van der Waals surface area (Å²) in [5, 5.41) is 0.192. The van der Waals surface area contributed by atoms with Gasteiger partial charge in [0.2, 0.25) is 0 Å². The number of aromatic nitrogens is 1. The van der Waals surface area contributed by atoms with Crippen molar-refractivity contribution in [2.75, 3.05) is 0 Å². The monoisotopic (exact) mass is 337 g/mol. The van der Waals surface area contributed by atoms with Crippen molar-refractivity contribution in [3.63, 3.8) is 0 Å². The molecule has 0 unspecified atom stereocenters. The third kappa shape index (κ3) is 6.83. The average Bonchev–Trinajstić information content (AvgIpc) is 2.34. The third-order valence-corrected chi connectivity index (χ3v) is 8.52. The first-order chi connectivity index (χ1) is 10.3. The molecule has 0 spiro atoms. The SMILES string of the molecule is CC(C)(C)OC(=O)Cc1ccc(CO[Si](C)(C)C(C)(C)C)cn1.